The summed E-state index contributed by atoms with van der Waals surface area (Å²) in [6.07, 6.45) is 0.203. The van der Waals surface area contributed by atoms with Gasteiger partial charge in [0.1, 0.15) is 0 Å². The molecule has 1 aromatic heterocycles. The number of para-hydroxylation sites is 2. The Bertz CT molecular complexity index is 643. The Hall–Kier alpha value is -1.72. The average molecular weight is 294 g/mol. The van der Waals surface area contributed by atoms with Gasteiger partial charge in [-0.3, -0.25) is 4.79 Å². The maximum absolute atomic E-state index is 12.0. The highest BCUT2D eigenvalue weighted by Gasteiger charge is 2.22. The van der Waals surface area contributed by atoms with Crippen molar-refractivity contribution >= 4 is 34.4 Å². The van der Waals surface area contributed by atoms with Gasteiger partial charge in [-0.2, -0.15) is 0 Å². The van der Waals surface area contributed by atoms with Crippen molar-refractivity contribution in [3.63, 3.8) is 0 Å². The summed E-state index contributed by atoms with van der Waals surface area (Å²) in [5.74, 6) is 0.0469. The summed E-state index contributed by atoms with van der Waals surface area (Å²) in [6.45, 7) is 3.67. The first kappa shape index (κ1) is 14.7. The van der Waals surface area contributed by atoms with E-state index in [-0.39, 0.29) is 23.3 Å². The Kier molecular flexibility index (Phi) is 4.20. The second kappa shape index (κ2) is 5.73. The molecular formula is C14H16ClN3O2. The molecule has 0 atom stereocenters. The van der Waals surface area contributed by atoms with Crippen LogP contribution in [0.15, 0.2) is 24.3 Å². The fourth-order valence-electron chi connectivity index (χ4n) is 1.69. The molecule has 0 bridgehead atoms. The Morgan fingerprint density at radius 2 is 1.90 bits per heavy atom. The number of carbonyl (C=O) groups excluding carboxylic acids is 1. The summed E-state index contributed by atoms with van der Waals surface area (Å²) in [5.41, 5.74) is 0.826. The first-order chi connectivity index (χ1) is 9.41. The molecule has 0 fully saturated rings. The van der Waals surface area contributed by atoms with Crippen molar-refractivity contribution in [3.8, 4) is 0 Å². The van der Waals surface area contributed by atoms with Gasteiger partial charge in [-0.1, -0.05) is 23.7 Å². The number of hydrogen-bond acceptors (Lipinski definition) is 4. The Labute approximate surface area is 122 Å². The first-order valence-electron chi connectivity index (χ1n) is 6.18. The van der Waals surface area contributed by atoms with Crippen molar-refractivity contribution in [2.75, 3.05) is 12.4 Å². The lowest BCUT2D eigenvalue weighted by molar-refractivity contribution is -0.121. The molecule has 0 saturated heterocycles. The number of carbonyl (C=O) groups is 1. The number of methoxy groups -OCH3 is 1. The molecule has 1 amide bonds. The number of benzene rings is 1. The highest BCUT2D eigenvalue weighted by molar-refractivity contribution is 6.32. The zero-order valence-corrected chi connectivity index (χ0v) is 12.4. The van der Waals surface area contributed by atoms with Gasteiger partial charge in [0.05, 0.1) is 23.1 Å². The average Bonchev–Trinajstić information content (AvgIpc) is 2.39. The quantitative estimate of drug-likeness (QED) is 0.941. The van der Waals surface area contributed by atoms with Gasteiger partial charge in [0, 0.05) is 7.11 Å². The normalized spacial score (nSPS) is 11.6. The lowest BCUT2D eigenvalue weighted by Crippen LogP contribution is -2.29. The highest BCUT2D eigenvalue weighted by Crippen LogP contribution is 2.22. The van der Waals surface area contributed by atoms with Crippen LogP contribution in [0.1, 0.15) is 20.3 Å². The fraction of sp³-hybridized carbons (Fsp3) is 0.357. The lowest BCUT2D eigenvalue weighted by atomic mass is 10.1. The standard InChI is InChI=1S/C14H16ClN3O2/c1-14(2,20-3)8-11(19)18-13-12(15)16-9-6-4-5-7-10(9)17-13/h4-7H,8H2,1-3H3,(H,17,18,19). The minimum absolute atomic E-state index is 0.173. The lowest BCUT2D eigenvalue weighted by Gasteiger charge is -2.21. The second-order valence-electron chi connectivity index (χ2n) is 5.04. The van der Waals surface area contributed by atoms with Crippen LogP contribution in [0.2, 0.25) is 5.15 Å². The van der Waals surface area contributed by atoms with Crippen LogP contribution >= 0.6 is 11.6 Å². The molecule has 0 aliphatic heterocycles. The number of ether oxygens (including phenoxy) is 1. The van der Waals surface area contributed by atoms with Crippen LogP contribution < -0.4 is 5.32 Å². The topological polar surface area (TPSA) is 64.1 Å². The van der Waals surface area contributed by atoms with E-state index < -0.39 is 5.60 Å². The third-order valence-corrected chi connectivity index (χ3v) is 3.19. The molecule has 2 aromatic rings. The van der Waals surface area contributed by atoms with Crippen molar-refractivity contribution in [1.29, 1.82) is 0 Å². The molecule has 1 aromatic carbocycles. The maximum Gasteiger partial charge on any atom is 0.228 e. The van der Waals surface area contributed by atoms with Crippen LogP contribution in [0.3, 0.4) is 0 Å². The van der Waals surface area contributed by atoms with Crippen LogP contribution in [0.25, 0.3) is 11.0 Å². The van der Waals surface area contributed by atoms with Gasteiger partial charge < -0.3 is 10.1 Å². The number of hydrogen-bond donors (Lipinski definition) is 1. The second-order valence-corrected chi connectivity index (χ2v) is 5.40. The van der Waals surface area contributed by atoms with Crippen LogP contribution in [0.4, 0.5) is 5.82 Å². The number of aromatic nitrogens is 2. The van der Waals surface area contributed by atoms with Gasteiger partial charge in [0.15, 0.2) is 11.0 Å². The molecule has 6 heteroatoms. The van der Waals surface area contributed by atoms with Crippen molar-refractivity contribution in [1.82, 2.24) is 9.97 Å². The van der Waals surface area contributed by atoms with Crippen LogP contribution in [-0.2, 0) is 9.53 Å². The van der Waals surface area contributed by atoms with Gasteiger partial charge in [-0.25, -0.2) is 9.97 Å². The highest BCUT2D eigenvalue weighted by atomic mass is 35.5. The van der Waals surface area contributed by atoms with E-state index in [4.69, 9.17) is 16.3 Å². The molecule has 1 heterocycles. The number of nitrogens with zero attached hydrogens (tertiary/aromatic N) is 2. The fourth-order valence-corrected chi connectivity index (χ4v) is 1.87. The van der Waals surface area contributed by atoms with E-state index in [1.54, 1.807) is 7.11 Å². The summed E-state index contributed by atoms with van der Waals surface area (Å²) < 4.78 is 5.22. The summed E-state index contributed by atoms with van der Waals surface area (Å²) in [7, 11) is 1.57. The monoisotopic (exact) mass is 293 g/mol. The maximum atomic E-state index is 12.0. The number of rotatable bonds is 4. The van der Waals surface area contributed by atoms with E-state index >= 15 is 0 Å². The minimum Gasteiger partial charge on any atom is -0.378 e. The molecule has 0 aliphatic carbocycles. The van der Waals surface area contributed by atoms with Gasteiger partial charge in [0.2, 0.25) is 5.91 Å². The SMILES string of the molecule is COC(C)(C)CC(=O)Nc1nc2ccccc2nc1Cl. The minimum atomic E-state index is -0.541. The number of anilines is 1. The third-order valence-electron chi connectivity index (χ3n) is 2.92. The van der Waals surface area contributed by atoms with Gasteiger partial charge in [0.25, 0.3) is 0 Å². The van der Waals surface area contributed by atoms with Crippen molar-refractivity contribution in [2.45, 2.75) is 25.9 Å². The van der Waals surface area contributed by atoms with E-state index in [1.807, 2.05) is 38.1 Å². The molecule has 2 rings (SSSR count). The summed E-state index contributed by atoms with van der Waals surface area (Å²) in [4.78, 5) is 20.5. The largest absolute Gasteiger partial charge is 0.378 e. The van der Waals surface area contributed by atoms with Crippen LogP contribution in [0, 0.1) is 0 Å². The summed E-state index contributed by atoms with van der Waals surface area (Å²) in [5, 5.41) is 2.84. The molecule has 0 aliphatic rings. The van der Waals surface area contributed by atoms with Gasteiger partial charge in [-0.05, 0) is 26.0 Å². The zero-order chi connectivity index (χ0) is 14.8. The molecule has 0 radical (unpaired) electrons. The third kappa shape index (κ3) is 3.43. The molecule has 5 nitrogen and oxygen atoms in total. The summed E-state index contributed by atoms with van der Waals surface area (Å²) in [6, 6.07) is 7.33. The molecule has 20 heavy (non-hydrogen) atoms. The number of fused-ring (bicyclic) bond motifs is 1. The smallest absolute Gasteiger partial charge is 0.228 e. The Balaban J connectivity index is 2.21. The zero-order valence-electron chi connectivity index (χ0n) is 11.6. The van der Waals surface area contributed by atoms with E-state index in [1.165, 1.54) is 0 Å². The molecule has 0 unspecified atom stereocenters. The first-order valence-corrected chi connectivity index (χ1v) is 6.56. The molecular weight excluding hydrogens is 278 g/mol. The van der Waals surface area contributed by atoms with E-state index in [0.29, 0.717) is 11.0 Å². The van der Waals surface area contributed by atoms with Crippen LogP contribution in [0.5, 0.6) is 0 Å². The molecule has 106 valence electrons. The number of halogens is 1. The van der Waals surface area contributed by atoms with E-state index in [0.717, 1.165) is 0 Å². The van der Waals surface area contributed by atoms with E-state index in [2.05, 4.69) is 15.3 Å². The Morgan fingerprint density at radius 1 is 1.30 bits per heavy atom. The number of nitrogens with one attached hydrogen (secondary N) is 1. The number of amides is 1. The van der Waals surface area contributed by atoms with E-state index in [9.17, 15) is 4.79 Å². The van der Waals surface area contributed by atoms with Gasteiger partial charge in [-0.15, -0.1) is 0 Å². The van der Waals surface area contributed by atoms with Crippen molar-refractivity contribution in [2.24, 2.45) is 0 Å². The molecule has 0 spiro atoms. The van der Waals surface area contributed by atoms with Crippen LogP contribution in [-0.4, -0.2) is 28.6 Å². The Morgan fingerprint density at radius 3 is 2.50 bits per heavy atom. The van der Waals surface area contributed by atoms with Crippen molar-refractivity contribution in [3.05, 3.63) is 29.4 Å². The molecule has 0 saturated carbocycles. The van der Waals surface area contributed by atoms with Gasteiger partial charge >= 0.3 is 0 Å². The predicted molar refractivity (Wildman–Crippen MR) is 78.9 cm³/mol. The predicted octanol–water partition coefficient (Wildman–Crippen LogP) is 3.04. The van der Waals surface area contributed by atoms with Crippen molar-refractivity contribution < 1.29 is 9.53 Å². The molecule has 1 N–H and O–H groups in total. The summed E-state index contributed by atoms with van der Waals surface area (Å²) >= 11 is 6.03.